The Balaban J connectivity index is 1.24. The van der Waals surface area contributed by atoms with Gasteiger partial charge in [-0.15, -0.1) is 11.3 Å². The molecular weight excluding hydrogens is 482 g/mol. The van der Waals surface area contributed by atoms with Crippen molar-refractivity contribution >= 4 is 39.4 Å². The molecule has 1 N–H and O–H groups in total. The van der Waals surface area contributed by atoms with Crippen LogP contribution in [0.2, 0.25) is 0 Å². The number of aryl methyl sites for hydroxylation is 2. The molecule has 2 aliphatic rings. The Labute approximate surface area is 209 Å². The second kappa shape index (κ2) is 10.1. The third-order valence-electron chi connectivity index (χ3n) is 6.88. The molecule has 0 bridgehead atoms. The number of carbonyl (C=O) groups excluding carboxylic acids is 1. The van der Waals surface area contributed by atoms with Gasteiger partial charge in [0.1, 0.15) is 5.69 Å². The van der Waals surface area contributed by atoms with E-state index in [0.717, 1.165) is 24.1 Å². The minimum atomic E-state index is -3.79. The van der Waals surface area contributed by atoms with Crippen molar-refractivity contribution in [1.29, 1.82) is 0 Å². The second-order valence-electron chi connectivity index (χ2n) is 9.14. The Bertz CT molecular complexity index is 1320. The Kier molecular flexibility index (Phi) is 6.91. The summed E-state index contributed by atoms with van der Waals surface area (Å²) in [6.45, 7) is 2.22. The molecule has 3 aromatic rings. The quantitative estimate of drug-likeness (QED) is 0.513. The van der Waals surface area contributed by atoms with E-state index in [-0.39, 0.29) is 28.5 Å². The predicted molar refractivity (Wildman–Crippen MR) is 136 cm³/mol. The van der Waals surface area contributed by atoms with Gasteiger partial charge in [0.25, 0.3) is 0 Å². The van der Waals surface area contributed by atoms with Crippen LogP contribution >= 0.6 is 11.3 Å². The Morgan fingerprint density at radius 1 is 1.14 bits per heavy atom. The first-order valence-electron chi connectivity index (χ1n) is 12.0. The summed E-state index contributed by atoms with van der Waals surface area (Å²) in [5.74, 6) is 0.0496. The number of thiophene rings is 1. The van der Waals surface area contributed by atoms with Gasteiger partial charge in [-0.1, -0.05) is 35.5 Å². The molecule has 35 heavy (non-hydrogen) atoms. The van der Waals surface area contributed by atoms with Crippen LogP contribution in [0.25, 0.3) is 12.2 Å². The summed E-state index contributed by atoms with van der Waals surface area (Å²) < 4.78 is 33.7. The third-order valence-corrected chi connectivity index (χ3v) is 9.78. The SMILES string of the molecule is Cc1noc(C=Cc2cccs2)c1S(=O)(=O)N1CCC(C(=O)NC2CCCc3ccccc32)CC1. The zero-order valence-corrected chi connectivity index (χ0v) is 21.3. The number of aromatic nitrogens is 1. The topological polar surface area (TPSA) is 92.5 Å². The van der Waals surface area contributed by atoms with Gasteiger partial charge < -0.3 is 9.84 Å². The highest BCUT2D eigenvalue weighted by atomic mass is 32.2. The van der Waals surface area contributed by atoms with Gasteiger partial charge in [-0.05, 0) is 73.8 Å². The number of hydrogen-bond donors (Lipinski definition) is 1. The highest BCUT2D eigenvalue weighted by Crippen LogP contribution is 2.32. The minimum Gasteiger partial charge on any atom is -0.355 e. The predicted octanol–water partition coefficient (Wildman–Crippen LogP) is 4.81. The van der Waals surface area contributed by atoms with Gasteiger partial charge in [0.15, 0.2) is 10.7 Å². The molecule has 0 radical (unpaired) electrons. The van der Waals surface area contributed by atoms with Crippen molar-refractivity contribution in [3.8, 4) is 0 Å². The van der Waals surface area contributed by atoms with E-state index in [0.29, 0.717) is 31.6 Å². The lowest BCUT2D eigenvalue weighted by Gasteiger charge is -2.32. The molecule has 1 saturated heterocycles. The number of carbonyl (C=O) groups is 1. The summed E-state index contributed by atoms with van der Waals surface area (Å²) in [5.41, 5.74) is 2.85. The standard InChI is InChI=1S/C26H29N3O4S2/c1-18-25(24(33-28-18)12-11-21-8-5-17-34-21)35(31,32)29-15-13-20(14-16-29)26(30)27-23-10-4-7-19-6-2-3-9-22(19)23/h2-3,5-6,8-9,11-12,17,20,23H,4,7,10,13-16H2,1H3,(H,27,30). The lowest BCUT2D eigenvalue weighted by atomic mass is 9.87. The maximum absolute atomic E-state index is 13.5. The number of hydrogen-bond acceptors (Lipinski definition) is 6. The lowest BCUT2D eigenvalue weighted by Crippen LogP contribution is -2.44. The number of rotatable bonds is 6. The van der Waals surface area contributed by atoms with Gasteiger partial charge in [-0.3, -0.25) is 4.79 Å². The zero-order chi connectivity index (χ0) is 24.4. The molecule has 5 rings (SSSR count). The Morgan fingerprint density at radius 3 is 2.71 bits per heavy atom. The number of amides is 1. The van der Waals surface area contributed by atoms with Crippen LogP contribution in [-0.4, -0.2) is 36.9 Å². The zero-order valence-electron chi connectivity index (χ0n) is 19.6. The fourth-order valence-electron chi connectivity index (χ4n) is 5.02. The first kappa shape index (κ1) is 24.0. The number of fused-ring (bicyclic) bond motifs is 1. The molecule has 2 aromatic heterocycles. The fraction of sp³-hybridized carbons (Fsp3) is 0.385. The van der Waals surface area contributed by atoms with Crippen molar-refractivity contribution in [3.63, 3.8) is 0 Å². The van der Waals surface area contributed by atoms with Crippen molar-refractivity contribution in [2.24, 2.45) is 5.92 Å². The summed E-state index contributed by atoms with van der Waals surface area (Å²) in [5, 5.41) is 9.10. The molecule has 1 unspecified atom stereocenters. The number of nitrogens with one attached hydrogen (secondary N) is 1. The molecule has 1 amide bonds. The molecule has 7 nitrogen and oxygen atoms in total. The van der Waals surface area contributed by atoms with Crippen LogP contribution in [0.4, 0.5) is 0 Å². The average Bonchev–Trinajstić information content (AvgIpc) is 3.53. The molecule has 1 fully saturated rings. The molecule has 3 heterocycles. The van der Waals surface area contributed by atoms with E-state index >= 15 is 0 Å². The molecule has 0 saturated carbocycles. The number of nitrogens with zero attached hydrogens (tertiary/aromatic N) is 2. The number of piperidine rings is 1. The van der Waals surface area contributed by atoms with Crippen molar-refractivity contribution in [2.75, 3.05) is 13.1 Å². The molecule has 1 aliphatic heterocycles. The van der Waals surface area contributed by atoms with Gasteiger partial charge in [-0.2, -0.15) is 4.31 Å². The van der Waals surface area contributed by atoms with Crippen LogP contribution in [0.1, 0.15) is 59.2 Å². The van der Waals surface area contributed by atoms with Gasteiger partial charge in [0.05, 0.1) is 6.04 Å². The first-order valence-corrected chi connectivity index (χ1v) is 14.3. The normalized spacial score (nSPS) is 19.6. The van der Waals surface area contributed by atoms with E-state index in [9.17, 15) is 13.2 Å². The molecule has 1 aromatic carbocycles. The Hall–Kier alpha value is -2.75. The van der Waals surface area contributed by atoms with Gasteiger partial charge in [-0.25, -0.2) is 8.42 Å². The van der Waals surface area contributed by atoms with Crippen molar-refractivity contribution < 1.29 is 17.7 Å². The number of benzene rings is 1. The highest BCUT2D eigenvalue weighted by molar-refractivity contribution is 7.89. The van der Waals surface area contributed by atoms with Gasteiger partial charge in [0.2, 0.25) is 15.9 Å². The van der Waals surface area contributed by atoms with Crippen molar-refractivity contribution in [3.05, 3.63) is 69.2 Å². The molecule has 184 valence electrons. The summed E-state index contributed by atoms with van der Waals surface area (Å²) >= 11 is 1.56. The molecular formula is C26H29N3O4S2. The molecule has 1 atom stereocenters. The summed E-state index contributed by atoms with van der Waals surface area (Å²) in [6.07, 6.45) is 7.49. The summed E-state index contributed by atoms with van der Waals surface area (Å²) in [6, 6.07) is 12.2. The second-order valence-corrected chi connectivity index (χ2v) is 12.0. The summed E-state index contributed by atoms with van der Waals surface area (Å²) in [4.78, 5) is 14.2. The molecule has 0 spiro atoms. The average molecular weight is 512 g/mol. The van der Waals surface area contributed by atoms with Crippen molar-refractivity contribution in [2.45, 2.75) is 50.0 Å². The minimum absolute atomic E-state index is 0.0180. The summed E-state index contributed by atoms with van der Waals surface area (Å²) in [7, 11) is -3.79. The van der Waals surface area contributed by atoms with Crippen LogP contribution in [0, 0.1) is 12.8 Å². The number of sulfonamides is 1. The van der Waals surface area contributed by atoms with E-state index < -0.39 is 10.0 Å². The Morgan fingerprint density at radius 2 is 1.94 bits per heavy atom. The van der Waals surface area contributed by atoms with E-state index in [1.165, 1.54) is 15.4 Å². The van der Waals surface area contributed by atoms with E-state index in [1.54, 1.807) is 24.3 Å². The maximum Gasteiger partial charge on any atom is 0.248 e. The van der Waals surface area contributed by atoms with Crippen LogP contribution in [0.5, 0.6) is 0 Å². The molecule has 1 aliphatic carbocycles. The van der Waals surface area contributed by atoms with Gasteiger partial charge in [0, 0.05) is 23.9 Å². The monoisotopic (exact) mass is 511 g/mol. The van der Waals surface area contributed by atoms with Gasteiger partial charge >= 0.3 is 0 Å². The van der Waals surface area contributed by atoms with Crippen LogP contribution < -0.4 is 5.32 Å². The maximum atomic E-state index is 13.5. The van der Waals surface area contributed by atoms with E-state index in [1.807, 2.05) is 35.7 Å². The van der Waals surface area contributed by atoms with E-state index in [2.05, 4.69) is 22.6 Å². The first-order chi connectivity index (χ1) is 16.9. The third kappa shape index (κ3) is 4.98. The van der Waals surface area contributed by atoms with Crippen LogP contribution in [0.3, 0.4) is 0 Å². The van der Waals surface area contributed by atoms with E-state index in [4.69, 9.17) is 4.52 Å². The van der Waals surface area contributed by atoms with Crippen LogP contribution in [0.15, 0.2) is 51.2 Å². The highest BCUT2D eigenvalue weighted by Gasteiger charge is 2.36. The smallest absolute Gasteiger partial charge is 0.248 e. The largest absolute Gasteiger partial charge is 0.355 e. The van der Waals surface area contributed by atoms with Crippen molar-refractivity contribution in [1.82, 2.24) is 14.8 Å². The fourth-order valence-corrected chi connectivity index (χ4v) is 7.36. The molecule has 9 heteroatoms. The lowest BCUT2D eigenvalue weighted by molar-refractivity contribution is -0.127. The van der Waals surface area contributed by atoms with Crippen LogP contribution in [-0.2, 0) is 21.2 Å².